The molecule has 3 rings (SSSR count). The molecule has 8 heteroatoms. The van der Waals surface area contributed by atoms with E-state index in [1.807, 2.05) is 26.0 Å². The Hall–Kier alpha value is -3.55. The Kier molecular flexibility index (Phi) is 6.01. The van der Waals surface area contributed by atoms with Crippen molar-refractivity contribution in [3.63, 3.8) is 0 Å². The Morgan fingerprint density at radius 1 is 1.14 bits per heavy atom. The van der Waals surface area contributed by atoms with Crippen LogP contribution in [0.5, 0.6) is 11.5 Å². The van der Waals surface area contributed by atoms with Gasteiger partial charge in [-0.15, -0.1) is 0 Å². The van der Waals surface area contributed by atoms with Crippen LogP contribution in [0.4, 0.5) is 5.69 Å². The predicted octanol–water partition coefficient (Wildman–Crippen LogP) is 2.01. The van der Waals surface area contributed by atoms with Crippen LogP contribution in [0, 0.1) is 13.8 Å². The Balaban J connectivity index is 1.49. The summed E-state index contributed by atoms with van der Waals surface area (Å²) in [5.74, 6) is -0.401. The second-order valence-electron chi connectivity index (χ2n) is 6.79. The van der Waals surface area contributed by atoms with E-state index in [0.29, 0.717) is 17.2 Å². The highest BCUT2D eigenvalue weighted by Crippen LogP contribution is 2.29. The van der Waals surface area contributed by atoms with Gasteiger partial charge in [-0.2, -0.15) is 0 Å². The monoisotopic (exact) mass is 397 g/mol. The first-order valence-electron chi connectivity index (χ1n) is 9.23. The summed E-state index contributed by atoms with van der Waals surface area (Å²) in [6, 6.07) is 12.5. The third-order valence-corrected chi connectivity index (χ3v) is 4.63. The second-order valence-corrected chi connectivity index (χ2v) is 6.79. The van der Waals surface area contributed by atoms with Gasteiger partial charge >= 0.3 is 0 Å². The number of carbonyl (C=O) groups excluding carboxylic acids is 3. The molecule has 3 amide bonds. The molecule has 0 saturated carbocycles. The quantitative estimate of drug-likeness (QED) is 0.670. The van der Waals surface area contributed by atoms with Gasteiger partial charge in [0.1, 0.15) is 11.5 Å². The first-order chi connectivity index (χ1) is 13.8. The number of benzene rings is 2. The summed E-state index contributed by atoms with van der Waals surface area (Å²) < 4.78 is 11.2. The maximum Gasteiger partial charge on any atom is 0.279 e. The van der Waals surface area contributed by atoms with Gasteiger partial charge in [-0.25, -0.2) is 0 Å². The maximum absolute atomic E-state index is 12.2. The lowest BCUT2D eigenvalue weighted by atomic mass is 10.1. The van der Waals surface area contributed by atoms with E-state index in [-0.39, 0.29) is 6.42 Å². The van der Waals surface area contributed by atoms with Crippen molar-refractivity contribution in [1.82, 2.24) is 10.9 Å². The van der Waals surface area contributed by atoms with Gasteiger partial charge in [-0.05, 0) is 50.1 Å². The summed E-state index contributed by atoms with van der Waals surface area (Å²) in [7, 11) is 0. The molecular formula is C21H23N3O5. The van der Waals surface area contributed by atoms with Crippen molar-refractivity contribution in [3.05, 3.63) is 53.6 Å². The first-order valence-corrected chi connectivity index (χ1v) is 9.23. The van der Waals surface area contributed by atoms with Crippen LogP contribution in [0.3, 0.4) is 0 Å². The average Bonchev–Trinajstić information content (AvgIpc) is 2.70. The van der Waals surface area contributed by atoms with E-state index in [1.165, 1.54) is 0 Å². The number of anilines is 1. The summed E-state index contributed by atoms with van der Waals surface area (Å²) in [6.45, 7) is 5.44. The fraction of sp³-hybridized carbons (Fsp3) is 0.286. The number of aryl methyl sites for hydroxylation is 1. The molecule has 1 aliphatic heterocycles. The molecule has 152 valence electrons. The molecule has 0 aliphatic carbocycles. The predicted molar refractivity (Wildman–Crippen MR) is 106 cm³/mol. The van der Waals surface area contributed by atoms with E-state index in [9.17, 15) is 14.4 Å². The zero-order valence-electron chi connectivity index (χ0n) is 16.4. The van der Waals surface area contributed by atoms with Crippen molar-refractivity contribution in [2.45, 2.75) is 39.4 Å². The highest BCUT2D eigenvalue weighted by atomic mass is 16.5. The second kappa shape index (κ2) is 8.64. The zero-order valence-corrected chi connectivity index (χ0v) is 16.4. The van der Waals surface area contributed by atoms with Gasteiger partial charge in [-0.1, -0.05) is 24.3 Å². The Labute approximate surface area is 168 Å². The topological polar surface area (TPSA) is 106 Å². The summed E-state index contributed by atoms with van der Waals surface area (Å²) >= 11 is 0. The third-order valence-electron chi connectivity index (χ3n) is 4.63. The molecule has 0 radical (unpaired) electrons. The molecule has 2 aromatic carbocycles. The van der Waals surface area contributed by atoms with Crippen molar-refractivity contribution in [2.24, 2.45) is 0 Å². The molecule has 0 aromatic heterocycles. The lowest BCUT2D eigenvalue weighted by molar-refractivity contribution is -0.135. The zero-order chi connectivity index (χ0) is 21.0. The molecule has 1 aliphatic rings. The molecule has 1 heterocycles. The summed E-state index contributed by atoms with van der Waals surface area (Å²) in [5.41, 5.74) is 7.15. The molecule has 0 fully saturated rings. The molecule has 0 bridgehead atoms. The van der Waals surface area contributed by atoms with Crippen LogP contribution in [0.15, 0.2) is 42.5 Å². The van der Waals surface area contributed by atoms with E-state index in [2.05, 4.69) is 16.2 Å². The van der Waals surface area contributed by atoms with Crippen LogP contribution in [-0.4, -0.2) is 29.9 Å². The molecular weight excluding hydrogens is 374 g/mol. The molecule has 8 nitrogen and oxygen atoms in total. The number of hydrogen-bond acceptors (Lipinski definition) is 5. The fourth-order valence-electron chi connectivity index (χ4n) is 2.78. The number of ether oxygens (including phenoxy) is 2. The van der Waals surface area contributed by atoms with Crippen LogP contribution in [0.2, 0.25) is 0 Å². The smallest absolute Gasteiger partial charge is 0.279 e. The maximum atomic E-state index is 12.2. The number of hydrogen-bond donors (Lipinski definition) is 3. The first kappa shape index (κ1) is 20.2. The molecule has 0 saturated heterocycles. The van der Waals surface area contributed by atoms with Gasteiger partial charge in [0.15, 0.2) is 12.2 Å². The Bertz CT molecular complexity index is 944. The van der Waals surface area contributed by atoms with E-state index in [0.717, 1.165) is 11.1 Å². The van der Waals surface area contributed by atoms with Gasteiger partial charge in [0.25, 0.3) is 11.8 Å². The van der Waals surface area contributed by atoms with Crippen LogP contribution in [0.1, 0.15) is 24.5 Å². The van der Waals surface area contributed by atoms with Crippen LogP contribution in [0.25, 0.3) is 0 Å². The number of rotatable bonds is 5. The van der Waals surface area contributed by atoms with Gasteiger partial charge in [0.2, 0.25) is 5.91 Å². The van der Waals surface area contributed by atoms with Gasteiger partial charge in [0.05, 0.1) is 12.1 Å². The Morgan fingerprint density at radius 3 is 2.69 bits per heavy atom. The lowest BCUT2D eigenvalue weighted by Crippen LogP contribution is -2.49. The fourth-order valence-corrected chi connectivity index (χ4v) is 2.78. The van der Waals surface area contributed by atoms with Crippen molar-refractivity contribution >= 4 is 23.4 Å². The molecule has 0 unspecified atom stereocenters. The van der Waals surface area contributed by atoms with E-state index in [4.69, 9.17) is 9.47 Å². The molecule has 2 aromatic rings. The van der Waals surface area contributed by atoms with Gasteiger partial charge in [-0.3, -0.25) is 25.2 Å². The minimum absolute atomic E-state index is 0.243. The van der Waals surface area contributed by atoms with Crippen molar-refractivity contribution in [2.75, 3.05) is 5.32 Å². The van der Waals surface area contributed by atoms with Gasteiger partial charge in [0, 0.05) is 0 Å². The standard InChI is InChI=1S/C21H23N3O5/c1-12-7-6-10-16(13(12)2)28-14(3)20(26)24-23-19(25)11-18-21(27)22-15-8-4-5-9-17(15)29-18/h4-10,14,18H,11H2,1-3H3,(H,22,27)(H,23,25)(H,24,26)/t14-,18+/m1/s1. The summed E-state index contributed by atoms with van der Waals surface area (Å²) in [4.78, 5) is 36.4. The highest BCUT2D eigenvalue weighted by molar-refractivity contribution is 6.00. The van der Waals surface area contributed by atoms with Crippen LogP contribution >= 0.6 is 0 Å². The minimum atomic E-state index is -0.981. The van der Waals surface area contributed by atoms with Crippen molar-refractivity contribution in [3.8, 4) is 11.5 Å². The molecule has 3 N–H and O–H groups in total. The molecule has 29 heavy (non-hydrogen) atoms. The van der Waals surface area contributed by atoms with Crippen LogP contribution in [-0.2, 0) is 14.4 Å². The number of fused-ring (bicyclic) bond motifs is 1. The molecule has 2 atom stereocenters. The van der Waals surface area contributed by atoms with E-state index in [1.54, 1.807) is 37.3 Å². The minimum Gasteiger partial charge on any atom is -0.481 e. The van der Waals surface area contributed by atoms with Gasteiger partial charge < -0.3 is 14.8 Å². The third kappa shape index (κ3) is 4.84. The van der Waals surface area contributed by atoms with Crippen molar-refractivity contribution < 1.29 is 23.9 Å². The number of hydrazine groups is 1. The van der Waals surface area contributed by atoms with E-state index >= 15 is 0 Å². The lowest BCUT2D eigenvalue weighted by Gasteiger charge is -2.25. The highest BCUT2D eigenvalue weighted by Gasteiger charge is 2.29. The normalized spacial score (nSPS) is 16.0. The average molecular weight is 397 g/mol. The van der Waals surface area contributed by atoms with E-state index < -0.39 is 29.9 Å². The number of amides is 3. The van der Waals surface area contributed by atoms with Crippen LogP contribution < -0.4 is 25.6 Å². The Morgan fingerprint density at radius 2 is 1.90 bits per heavy atom. The largest absolute Gasteiger partial charge is 0.481 e. The summed E-state index contributed by atoms with van der Waals surface area (Å²) in [5, 5.41) is 2.68. The van der Waals surface area contributed by atoms with Crippen molar-refractivity contribution in [1.29, 1.82) is 0 Å². The SMILES string of the molecule is Cc1cccc(O[C@H](C)C(=O)NNC(=O)C[C@@H]2Oc3ccccc3NC2=O)c1C. The molecule has 0 spiro atoms. The number of nitrogens with one attached hydrogen (secondary N) is 3. The summed E-state index contributed by atoms with van der Waals surface area (Å²) in [6.07, 6.45) is -2.05. The number of carbonyl (C=O) groups is 3. The number of para-hydroxylation sites is 2.